The van der Waals surface area contributed by atoms with Crippen molar-refractivity contribution in [3.63, 3.8) is 0 Å². The van der Waals surface area contributed by atoms with E-state index in [9.17, 15) is 19.7 Å². The molecule has 0 fully saturated rings. The first-order chi connectivity index (χ1) is 13.0. The Labute approximate surface area is 153 Å². The third kappa shape index (κ3) is 4.00. The molecule has 0 aliphatic heterocycles. The molecule has 0 spiro atoms. The van der Waals surface area contributed by atoms with Crippen LogP contribution in [0.5, 0.6) is 0 Å². The first kappa shape index (κ1) is 18.2. The Morgan fingerprint density at radius 1 is 1.37 bits per heavy atom. The summed E-state index contributed by atoms with van der Waals surface area (Å²) in [6.07, 6.45) is 3.24. The second-order valence-electron chi connectivity index (χ2n) is 5.91. The zero-order valence-electron chi connectivity index (χ0n) is 14.7. The molecular formula is C17H18N6O4. The average molecular weight is 370 g/mol. The minimum absolute atomic E-state index is 0.0310. The summed E-state index contributed by atoms with van der Waals surface area (Å²) in [5.74, 6) is -0.0567. The van der Waals surface area contributed by atoms with E-state index < -0.39 is 4.92 Å². The molecule has 27 heavy (non-hydrogen) atoms. The van der Waals surface area contributed by atoms with Gasteiger partial charge in [-0.05, 0) is 5.56 Å². The number of amides is 1. The highest BCUT2D eigenvalue weighted by molar-refractivity contribution is 5.75. The van der Waals surface area contributed by atoms with Crippen molar-refractivity contribution in [2.45, 2.75) is 26.4 Å². The van der Waals surface area contributed by atoms with Gasteiger partial charge in [0.15, 0.2) is 5.65 Å². The Morgan fingerprint density at radius 2 is 2.19 bits per heavy atom. The summed E-state index contributed by atoms with van der Waals surface area (Å²) in [6.45, 7) is 2.73. The molecular weight excluding hydrogens is 352 g/mol. The van der Waals surface area contributed by atoms with Gasteiger partial charge in [0.05, 0.1) is 24.2 Å². The molecule has 1 N–H and O–H groups in total. The molecule has 0 radical (unpaired) electrons. The van der Waals surface area contributed by atoms with Gasteiger partial charge in [0.2, 0.25) is 5.91 Å². The number of carbonyl (C=O) groups excluding carboxylic acids is 1. The summed E-state index contributed by atoms with van der Waals surface area (Å²) in [4.78, 5) is 38.6. The van der Waals surface area contributed by atoms with Crippen molar-refractivity contribution in [3.05, 3.63) is 62.8 Å². The van der Waals surface area contributed by atoms with E-state index in [0.717, 1.165) is 0 Å². The van der Waals surface area contributed by atoms with Gasteiger partial charge in [-0.1, -0.05) is 19.1 Å². The van der Waals surface area contributed by atoms with Gasteiger partial charge in [-0.25, -0.2) is 9.67 Å². The van der Waals surface area contributed by atoms with E-state index in [-0.39, 0.29) is 23.7 Å². The predicted molar refractivity (Wildman–Crippen MR) is 97.3 cm³/mol. The lowest BCUT2D eigenvalue weighted by Crippen LogP contribution is -2.27. The molecule has 140 valence electrons. The Morgan fingerprint density at radius 3 is 2.93 bits per heavy atom. The van der Waals surface area contributed by atoms with E-state index in [1.165, 1.54) is 29.2 Å². The van der Waals surface area contributed by atoms with E-state index in [2.05, 4.69) is 15.4 Å². The number of aromatic nitrogens is 4. The Bertz CT molecular complexity index is 1060. The molecule has 1 aromatic carbocycles. The van der Waals surface area contributed by atoms with Gasteiger partial charge >= 0.3 is 0 Å². The highest BCUT2D eigenvalue weighted by atomic mass is 16.6. The first-order valence-electron chi connectivity index (χ1n) is 8.40. The van der Waals surface area contributed by atoms with Gasteiger partial charge in [0, 0.05) is 25.1 Å². The molecule has 3 aromatic rings. The first-order valence-corrected chi connectivity index (χ1v) is 8.40. The van der Waals surface area contributed by atoms with Gasteiger partial charge in [-0.2, -0.15) is 5.10 Å². The number of hydrogen-bond donors (Lipinski definition) is 1. The topological polar surface area (TPSA) is 125 Å². The largest absolute Gasteiger partial charge is 0.354 e. The normalized spacial score (nSPS) is 10.9. The lowest BCUT2D eigenvalue weighted by molar-refractivity contribution is -0.384. The van der Waals surface area contributed by atoms with Gasteiger partial charge in [-0.15, -0.1) is 0 Å². The maximum atomic E-state index is 12.7. The number of hydrogen-bond acceptors (Lipinski definition) is 6. The van der Waals surface area contributed by atoms with Crippen LogP contribution in [0.4, 0.5) is 5.69 Å². The second kappa shape index (κ2) is 7.77. The number of benzene rings is 1. The second-order valence-corrected chi connectivity index (χ2v) is 5.91. The van der Waals surface area contributed by atoms with Crippen LogP contribution in [0.1, 0.15) is 18.9 Å². The third-order valence-corrected chi connectivity index (χ3v) is 4.06. The maximum Gasteiger partial charge on any atom is 0.269 e. The Balaban J connectivity index is 1.82. The fourth-order valence-electron chi connectivity index (χ4n) is 2.67. The minimum atomic E-state index is -0.477. The number of rotatable bonds is 7. The fourth-order valence-corrected chi connectivity index (χ4v) is 2.67. The summed E-state index contributed by atoms with van der Waals surface area (Å²) in [6, 6.07) is 6.11. The van der Waals surface area contributed by atoms with E-state index in [4.69, 9.17) is 0 Å². The van der Waals surface area contributed by atoms with Crippen molar-refractivity contribution in [1.29, 1.82) is 0 Å². The SMILES string of the molecule is CCC(=O)NCCn1ncc2c(=O)n(Cc3cccc([N+](=O)[O-])c3)cnc21. The number of nitro benzene ring substituents is 1. The number of fused-ring (bicyclic) bond motifs is 1. The average Bonchev–Trinajstić information content (AvgIpc) is 3.08. The van der Waals surface area contributed by atoms with E-state index in [1.807, 2.05) is 0 Å². The van der Waals surface area contributed by atoms with Gasteiger partial charge in [0.25, 0.3) is 11.2 Å². The minimum Gasteiger partial charge on any atom is -0.354 e. The van der Waals surface area contributed by atoms with Crippen LogP contribution < -0.4 is 10.9 Å². The number of nitrogens with one attached hydrogen (secondary N) is 1. The molecule has 2 heterocycles. The van der Waals surface area contributed by atoms with Gasteiger partial charge < -0.3 is 5.32 Å². The Kier molecular flexibility index (Phi) is 5.25. The quantitative estimate of drug-likeness (QED) is 0.490. The zero-order chi connectivity index (χ0) is 19.4. The summed E-state index contributed by atoms with van der Waals surface area (Å²) < 4.78 is 2.94. The summed E-state index contributed by atoms with van der Waals surface area (Å²) in [5.41, 5.74) is 0.745. The van der Waals surface area contributed by atoms with E-state index in [1.54, 1.807) is 23.7 Å². The molecule has 0 atom stereocenters. The van der Waals surface area contributed by atoms with Crippen LogP contribution in [0, 0.1) is 10.1 Å². The van der Waals surface area contributed by atoms with Crippen molar-refractivity contribution in [1.82, 2.24) is 24.6 Å². The third-order valence-electron chi connectivity index (χ3n) is 4.06. The monoisotopic (exact) mass is 370 g/mol. The summed E-state index contributed by atoms with van der Waals surface area (Å²) >= 11 is 0. The number of non-ortho nitro benzene ring substituents is 1. The lowest BCUT2D eigenvalue weighted by atomic mass is 10.2. The molecule has 10 nitrogen and oxygen atoms in total. The molecule has 0 aliphatic rings. The van der Waals surface area contributed by atoms with Gasteiger partial charge in [-0.3, -0.25) is 24.3 Å². The van der Waals surface area contributed by atoms with Crippen LogP contribution in [-0.4, -0.2) is 36.7 Å². The zero-order valence-corrected chi connectivity index (χ0v) is 14.7. The van der Waals surface area contributed by atoms with Crippen molar-refractivity contribution < 1.29 is 9.72 Å². The molecule has 1 amide bonds. The highest BCUT2D eigenvalue weighted by Crippen LogP contribution is 2.14. The number of carbonyl (C=O) groups is 1. The summed E-state index contributed by atoms with van der Waals surface area (Å²) in [7, 11) is 0. The molecule has 0 saturated heterocycles. The summed E-state index contributed by atoms with van der Waals surface area (Å²) in [5, 5.41) is 18.1. The molecule has 0 aliphatic carbocycles. The molecule has 10 heteroatoms. The van der Waals surface area contributed by atoms with Crippen LogP contribution in [0.3, 0.4) is 0 Å². The Hall–Kier alpha value is -3.56. The van der Waals surface area contributed by atoms with Crippen LogP contribution in [0.25, 0.3) is 11.0 Å². The molecule has 3 rings (SSSR count). The number of nitrogens with zero attached hydrogens (tertiary/aromatic N) is 5. The predicted octanol–water partition coefficient (Wildman–Crippen LogP) is 1.08. The van der Waals surface area contributed by atoms with Crippen LogP contribution in [0.2, 0.25) is 0 Å². The van der Waals surface area contributed by atoms with Crippen LogP contribution in [0.15, 0.2) is 41.6 Å². The molecule has 0 saturated carbocycles. The molecule has 0 unspecified atom stereocenters. The maximum absolute atomic E-state index is 12.7. The standard InChI is InChI=1S/C17H18N6O4/c1-2-15(24)18-6-7-22-16-14(9-20-22)17(25)21(11-19-16)10-12-4-3-5-13(8-12)23(26)27/h3-5,8-9,11H,2,6-7,10H2,1H3,(H,18,24). The van der Waals surface area contributed by atoms with Crippen LogP contribution in [-0.2, 0) is 17.9 Å². The van der Waals surface area contributed by atoms with Crippen molar-refractivity contribution in [3.8, 4) is 0 Å². The number of nitro groups is 1. The van der Waals surface area contributed by atoms with Crippen molar-refractivity contribution in [2.75, 3.05) is 6.54 Å². The fraction of sp³-hybridized carbons (Fsp3) is 0.294. The van der Waals surface area contributed by atoms with E-state index >= 15 is 0 Å². The van der Waals surface area contributed by atoms with Gasteiger partial charge in [0.1, 0.15) is 11.7 Å². The van der Waals surface area contributed by atoms with Crippen molar-refractivity contribution in [2.24, 2.45) is 0 Å². The molecule has 0 bridgehead atoms. The highest BCUT2D eigenvalue weighted by Gasteiger charge is 2.12. The smallest absolute Gasteiger partial charge is 0.269 e. The lowest BCUT2D eigenvalue weighted by Gasteiger charge is -2.07. The van der Waals surface area contributed by atoms with Crippen LogP contribution >= 0.6 is 0 Å². The molecule has 2 aromatic heterocycles. The van der Waals surface area contributed by atoms with E-state index in [0.29, 0.717) is 36.1 Å². The van der Waals surface area contributed by atoms with Crippen molar-refractivity contribution >= 4 is 22.6 Å².